The highest BCUT2D eigenvalue weighted by atomic mass is 16.3. The molecule has 2 heterocycles. The largest absolute Gasteiger partial charge is 0.392 e. The molecule has 1 fully saturated rings. The average Bonchev–Trinajstić information content (AvgIpc) is 2.85. The summed E-state index contributed by atoms with van der Waals surface area (Å²) in [6.45, 7) is 5.85. The Bertz CT molecular complexity index is 422. The Morgan fingerprint density at radius 1 is 1.37 bits per heavy atom. The van der Waals surface area contributed by atoms with Crippen molar-refractivity contribution >= 4 is 5.91 Å². The Morgan fingerprint density at radius 2 is 2.05 bits per heavy atom. The monoisotopic (exact) mass is 265 g/mol. The first-order chi connectivity index (χ1) is 9.11. The topological polar surface area (TPSA) is 48.7 Å². The van der Waals surface area contributed by atoms with Crippen molar-refractivity contribution in [2.75, 3.05) is 32.7 Å². The number of carbonyl (C=O) groups is 1. The van der Waals surface area contributed by atoms with E-state index in [1.165, 1.54) is 0 Å². The van der Waals surface area contributed by atoms with Gasteiger partial charge in [-0.05, 0) is 18.6 Å². The van der Waals surface area contributed by atoms with Gasteiger partial charge < -0.3 is 14.6 Å². The molecule has 1 unspecified atom stereocenters. The third-order valence-electron chi connectivity index (χ3n) is 3.76. The van der Waals surface area contributed by atoms with Crippen LogP contribution in [0.4, 0.5) is 0 Å². The minimum absolute atomic E-state index is 0.100. The smallest absolute Gasteiger partial charge is 0.270 e. The Labute approximate surface area is 114 Å². The minimum Gasteiger partial charge on any atom is -0.392 e. The molecule has 0 aliphatic carbocycles. The third-order valence-corrected chi connectivity index (χ3v) is 3.76. The molecule has 106 valence electrons. The van der Waals surface area contributed by atoms with Crippen LogP contribution in [0.15, 0.2) is 18.3 Å². The molecule has 2 rings (SSSR count). The zero-order valence-corrected chi connectivity index (χ0v) is 11.7. The maximum Gasteiger partial charge on any atom is 0.270 e. The fourth-order valence-corrected chi connectivity index (χ4v) is 2.41. The van der Waals surface area contributed by atoms with Gasteiger partial charge in [-0.1, -0.05) is 6.92 Å². The highest BCUT2D eigenvalue weighted by Crippen LogP contribution is 2.09. The fourth-order valence-electron chi connectivity index (χ4n) is 2.41. The van der Waals surface area contributed by atoms with E-state index in [4.69, 9.17) is 0 Å². The van der Waals surface area contributed by atoms with Crippen molar-refractivity contribution in [1.82, 2.24) is 14.4 Å². The number of β-amino-alcohol motifs (C(OH)–C–C–N with tert-alkyl or cyclic N) is 1. The Morgan fingerprint density at radius 3 is 2.58 bits per heavy atom. The molecular formula is C14H23N3O2. The van der Waals surface area contributed by atoms with Crippen molar-refractivity contribution in [3.05, 3.63) is 24.0 Å². The van der Waals surface area contributed by atoms with E-state index in [9.17, 15) is 9.90 Å². The van der Waals surface area contributed by atoms with E-state index in [1.54, 1.807) is 0 Å². The number of carbonyl (C=O) groups excluding carboxylic acids is 1. The SMILES string of the molecule is CCC(O)CN1CCN(C(=O)c2cccn2C)CC1. The molecule has 5 heteroatoms. The van der Waals surface area contributed by atoms with Crippen LogP contribution < -0.4 is 0 Å². The van der Waals surface area contributed by atoms with Gasteiger partial charge in [0.1, 0.15) is 5.69 Å². The number of piperazine rings is 1. The van der Waals surface area contributed by atoms with Gasteiger partial charge in [0.05, 0.1) is 6.10 Å². The molecular weight excluding hydrogens is 242 g/mol. The standard InChI is InChI=1S/C14H23N3O2/c1-3-12(18)11-16-7-9-17(10-8-16)14(19)13-5-4-6-15(13)2/h4-6,12,18H,3,7-11H2,1-2H3. The van der Waals surface area contributed by atoms with Gasteiger partial charge in [-0.25, -0.2) is 0 Å². The summed E-state index contributed by atoms with van der Waals surface area (Å²) in [5.74, 6) is 0.100. The van der Waals surface area contributed by atoms with E-state index < -0.39 is 0 Å². The van der Waals surface area contributed by atoms with Gasteiger partial charge in [0.2, 0.25) is 0 Å². The lowest BCUT2D eigenvalue weighted by Crippen LogP contribution is -2.50. The quantitative estimate of drug-likeness (QED) is 0.865. The molecule has 1 N–H and O–H groups in total. The molecule has 0 saturated carbocycles. The van der Waals surface area contributed by atoms with Gasteiger partial charge in [-0.3, -0.25) is 9.69 Å². The van der Waals surface area contributed by atoms with Crippen LogP contribution in [0.5, 0.6) is 0 Å². The number of amides is 1. The van der Waals surface area contributed by atoms with E-state index in [0.717, 1.165) is 38.3 Å². The molecule has 0 bridgehead atoms. The van der Waals surface area contributed by atoms with Crippen LogP contribution >= 0.6 is 0 Å². The molecule has 1 aliphatic heterocycles. The maximum absolute atomic E-state index is 12.3. The first-order valence-corrected chi connectivity index (χ1v) is 6.93. The van der Waals surface area contributed by atoms with Gasteiger partial charge in [0.25, 0.3) is 5.91 Å². The zero-order chi connectivity index (χ0) is 13.8. The van der Waals surface area contributed by atoms with E-state index in [2.05, 4.69) is 4.90 Å². The molecule has 1 amide bonds. The average molecular weight is 265 g/mol. The number of hydrogen-bond acceptors (Lipinski definition) is 3. The summed E-state index contributed by atoms with van der Waals surface area (Å²) in [4.78, 5) is 16.4. The Kier molecular flexibility index (Phi) is 4.61. The number of nitrogens with zero attached hydrogens (tertiary/aromatic N) is 3. The maximum atomic E-state index is 12.3. The van der Waals surface area contributed by atoms with E-state index in [0.29, 0.717) is 6.54 Å². The second kappa shape index (κ2) is 6.21. The van der Waals surface area contributed by atoms with Crippen LogP contribution in [0.3, 0.4) is 0 Å². The van der Waals surface area contributed by atoms with Crippen LogP contribution in [0.1, 0.15) is 23.8 Å². The molecule has 1 aliphatic rings. The molecule has 19 heavy (non-hydrogen) atoms. The van der Waals surface area contributed by atoms with E-state index >= 15 is 0 Å². The number of aromatic nitrogens is 1. The second-order valence-electron chi connectivity index (χ2n) is 5.16. The second-order valence-corrected chi connectivity index (χ2v) is 5.16. The lowest BCUT2D eigenvalue weighted by molar-refractivity contribution is 0.0516. The number of aryl methyl sites for hydroxylation is 1. The lowest BCUT2D eigenvalue weighted by atomic mass is 10.2. The van der Waals surface area contributed by atoms with Gasteiger partial charge >= 0.3 is 0 Å². The zero-order valence-electron chi connectivity index (χ0n) is 11.7. The first-order valence-electron chi connectivity index (χ1n) is 6.93. The number of aliphatic hydroxyl groups is 1. The van der Waals surface area contributed by atoms with Crippen LogP contribution in [0.25, 0.3) is 0 Å². The molecule has 0 aromatic carbocycles. The van der Waals surface area contributed by atoms with Gasteiger partial charge in [-0.2, -0.15) is 0 Å². The summed E-state index contributed by atoms with van der Waals surface area (Å²) < 4.78 is 1.86. The van der Waals surface area contributed by atoms with Crippen molar-refractivity contribution in [2.45, 2.75) is 19.4 Å². The molecule has 0 radical (unpaired) electrons. The van der Waals surface area contributed by atoms with Gasteiger partial charge in [0.15, 0.2) is 0 Å². The third kappa shape index (κ3) is 3.36. The van der Waals surface area contributed by atoms with Crippen LogP contribution in [-0.4, -0.2) is 64.2 Å². The van der Waals surface area contributed by atoms with Crippen molar-refractivity contribution in [1.29, 1.82) is 0 Å². The minimum atomic E-state index is -0.255. The van der Waals surface area contributed by atoms with Crippen molar-refractivity contribution < 1.29 is 9.90 Å². The van der Waals surface area contributed by atoms with Crippen molar-refractivity contribution in [3.63, 3.8) is 0 Å². The summed E-state index contributed by atoms with van der Waals surface area (Å²) in [6.07, 6.45) is 2.42. The summed E-state index contributed by atoms with van der Waals surface area (Å²) in [6, 6.07) is 3.75. The molecule has 0 spiro atoms. The normalized spacial score (nSPS) is 18.6. The molecule has 1 aromatic rings. The Balaban J connectivity index is 1.86. The van der Waals surface area contributed by atoms with Gasteiger partial charge in [-0.15, -0.1) is 0 Å². The summed E-state index contributed by atoms with van der Waals surface area (Å²) in [7, 11) is 1.89. The van der Waals surface area contributed by atoms with Gasteiger partial charge in [0, 0.05) is 46.0 Å². The predicted octanol–water partition coefficient (Wildman–Crippen LogP) is 0.554. The molecule has 1 aromatic heterocycles. The highest BCUT2D eigenvalue weighted by Gasteiger charge is 2.23. The Hall–Kier alpha value is -1.33. The number of hydrogen-bond donors (Lipinski definition) is 1. The van der Waals surface area contributed by atoms with Crippen LogP contribution in [0, 0.1) is 0 Å². The van der Waals surface area contributed by atoms with Crippen molar-refractivity contribution in [3.8, 4) is 0 Å². The number of rotatable bonds is 4. The summed E-state index contributed by atoms with van der Waals surface area (Å²) in [5.41, 5.74) is 0.738. The molecule has 5 nitrogen and oxygen atoms in total. The summed E-state index contributed by atoms with van der Waals surface area (Å²) in [5, 5.41) is 9.65. The lowest BCUT2D eigenvalue weighted by Gasteiger charge is -2.35. The highest BCUT2D eigenvalue weighted by molar-refractivity contribution is 5.92. The molecule has 1 atom stereocenters. The molecule has 1 saturated heterocycles. The van der Waals surface area contributed by atoms with Crippen LogP contribution in [0.2, 0.25) is 0 Å². The first kappa shape index (κ1) is 14.1. The fraction of sp³-hybridized carbons (Fsp3) is 0.643. The number of aliphatic hydroxyl groups excluding tert-OH is 1. The van der Waals surface area contributed by atoms with Crippen molar-refractivity contribution in [2.24, 2.45) is 7.05 Å². The predicted molar refractivity (Wildman–Crippen MR) is 74.1 cm³/mol. The summed E-state index contributed by atoms with van der Waals surface area (Å²) >= 11 is 0. The van der Waals surface area contributed by atoms with E-state index in [1.807, 2.05) is 41.8 Å². The van der Waals surface area contributed by atoms with Crippen LogP contribution in [-0.2, 0) is 7.05 Å². The van der Waals surface area contributed by atoms with E-state index in [-0.39, 0.29) is 12.0 Å².